The van der Waals surface area contributed by atoms with E-state index >= 15 is 0 Å². The first-order valence-electron chi connectivity index (χ1n) is 3.81. The second-order valence-corrected chi connectivity index (χ2v) is 3.54. The van der Waals surface area contributed by atoms with Gasteiger partial charge in [-0.25, -0.2) is 10.5 Å². The minimum absolute atomic E-state index is 0.513. The third-order valence-electron chi connectivity index (χ3n) is 1.66. The number of hydrogen-bond acceptors (Lipinski definition) is 4. The molecule has 2 N–H and O–H groups in total. The predicted molar refractivity (Wildman–Crippen MR) is 53.0 cm³/mol. The Labute approximate surface area is 79.6 Å². The number of nitrogens with one attached hydrogen (secondary N) is 1. The van der Waals surface area contributed by atoms with E-state index < -0.39 is 0 Å². The van der Waals surface area contributed by atoms with E-state index in [0.717, 1.165) is 10.4 Å². The lowest BCUT2D eigenvalue weighted by Gasteiger charge is -1.93. The molecular weight excluding hydrogens is 184 g/mol. The maximum absolute atomic E-state index is 8.60. The van der Waals surface area contributed by atoms with Gasteiger partial charge in [0, 0.05) is 6.20 Å². The third-order valence-corrected chi connectivity index (χ3v) is 2.61. The van der Waals surface area contributed by atoms with E-state index in [2.05, 4.69) is 4.98 Å². The molecule has 0 saturated carbocycles. The van der Waals surface area contributed by atoms with E-state index in [1.807, 2.05) is 35.8 Å². The van der Waals surface area contributed by atoms with E-state index in [1.54, 1.807) is 6.20 Å². The lowest BCUT2D eigenvalue weighted by molar-refractivity contribution is 0.388. The van der Waals surface area contributed by atoms with E-state index in [9.17, 15) is 0 Å². The highest BCUT2D eigenvalue weighted by atomic mass is 32.1. The molecule has 1 heterocycles. The number of aromatic nitrogens is 1. The minimum Gasteiger partial charge on any atom is -0.289 e. The van der Waals surface area contributed by atoms with Crippen LogP contribution in [-0.2, 0) is 0 Å². The van der Waals surface area contributed by atoms with Crippen molar-refractivity contribution in [1.82, 2.24) is 4.98 Å². The Morgan fingerprint density at radius 3 is 2.62 bits per heavy atom. The van der Waals surface area contributed by atoms with Crippen LogP contribution >= 0.6 is 11.3 Å². The van der Waals surface area contributed by atoms with E-state index in [1.165, 1.54) is 11.3 Å². The van der Waals surface area contributed by atoms with E-state index in [4.69, 9.17) is 5.21 Å². The SMILES string of the molecule is ONc1ncc(-c2ccccc2)s1. The molecule has 1 aromatic carbocycles. The Hall–Kier alpha value is -1.39. The van der Waals surface area contributed by atoms with Crippen molar-refractivity contribution in [3.63, 3.8) is 0 Å². The first-order valence-corrected chi connectivity index (χ1v) is 4.63. The first kappa shape index (κ1) is 8.22. The van der Waals surface area contributed by atoms with Crippen molar-refractivity contribution in [3.8, 4) is 10.4 Å². The molecule has 2 rings (SSSR count). The highest BCUT2D eigenvalue weighted by Crippen LogP contribution is 2.27. The maximum Gasteiger partial charge on any atom is 0.207 e. The number of benzene rings is 1. The van der Waals surface area contributed by atoms with Gasteiger partial charge >= 0.3 is 0 Å². The molecule has 66 valence electrons. The van der Waals surface area contributed by atoms with Gasteiger partial charge in [-0.3, -0.25) is 5.21 Å². The fourth-order valence-corrected chi connectivity index (χ4v) is 1.78. The van der Waals surface area contributed by atoms with Crippen LogP contribution in [0.4, 0.5) is 5.13 Å². The minimum atomic E-state index is 0.513. The molecule has 0 radical (unpaired) electrons. The Kier molecular flexibility index (Phi) is 2.25. The fraction of sp³-hybridized carbons (Fsp3) is 0. The molecule has 0 amide bonds. The van der Waals surface area contributed by atoms with Crippen LogP contribution in [0.2, 0.25) is 0 Å². The van der Waals surface area contributed by atoms with Crippen LogP contribution in [-0.4, -0.2) is 10.2 Å². The topological polar surface area (TPSA) is 45.1 Å². The Morgan fingerprint density at radius 2 is 2.00 bits per heavy atom. The quantitative estimate of drug-likeness (QED) is 0.719. The molecule has 1 aromatic heterocycles. The van der Waals surface area contributed by atoms with Gasteiger partial charge in [0.15, 0.2) is 0 Å². The summed E-state index contributed by atoms with van der Waals surface area (Å²) < 4.78 is 0. The predicted octanol–water partition coefficient (Wildman–Crippen LogP) is 2.61. The van der Waals surface area contributed by atoms with Crippen molar-refractivity contribution < 1.29 is 5.21 Å². The molecule has 0 fully saturated rings. The average molecular weight is 192 g/mol. The summed E-state index contributed by atoms with van der Waals surface area (Å²) in [5.74, 6) is 0. The van der Waals surface area contributed by atoms with E-state index in [-0.39, 0.29) is 0 Å². The molecule has 0 bridgehead atoms. The van der Waals surface area contributed by atoms with Crippen LogP contribution in [0.3, 0.4) is 0 Å². The van der Waals surface area contributed by atoms with Gasteiger partial charge in [0.05, 0.1) is 4.88 Å². The smallest absolute Gasteiger partial charge is 0.207 e. The summed E-state index contributed by atoms with van der Waals surface area (Å²) in [6.45, 7) is 0. The average Bonchev–Trinajstić information content (AvgIpc) is 2.67. The van der Waals surface area contributed by atoms with Crippen LogP contribution < -0.4 is 5.48 Å². The molecule has 0 saturated heterocycles. The molecule has 0 unspecified atom stereocenters. The molecule has 4 heteroatoms. The molecule has 0 aliphatic rings. The largest absolute Gasteiger partial charge is 0.289 e. The standard InChI is InChI=1S/C9H8N2OS/c12-11-9-10-6-8(13-9)7-4-2-1-3-5-7/h1-6,12H,(H,10,11). The van der Waals surface area contributed by atoms with Crippen LogP contribution in [0.25, 0.3) is 10.4 Å². The van der Waals surface area contributed by atoms with Crippen LogP contribution in [0.1, 0.15) is 0 Å². The Balaban J connectivity index is 2.36. The highest BCUT2D eigenvalue weighted by molar-refractivity contribution is 7.18. The Bertz CT molecular complexity index is 386. The molecule has 0 aliphatic carbocycles. The summed E-state index contributed by atoms with van der Waals surface area (Å²) in [5.41, 5.74) is 3.14. The van der Waals surface area contributed by atoms with Gasteiger partial charge in [-0.05, 0) is 5.56 Å². The summed E-state index contributed by atoms with van der Waals surface area (Å²) in [6.07, 6.45) is 1.73. The van der Waals surface area contributed by atoms with Crippen molar-refractivity contribution in [3.05, 3.63) is 36.5 Å². The van der Waals surface area contributed by atoms with Crippen molar-refractivity contribution in [2.75, 3.05) is 5.48 Å². The van der Waals surface area contributed by atoms with Crippen molar-refractivity contribution >= 4 is 16.5 Å². The van der Waals surface area contributed by atoms with Gasteiger partial charge < -0.3 is 0 Å². The number of anilines is 1. The van der Waals surface area contributed by atoms with Gasteiger partial charge in [0.25, 0.3) is 0 Å². The van der Waals surface area contributed by atoms with Crippen molar-refractivity contribution in [2.45, 2.75) is 0 Å². The summed E-state index contributed by atoms with van der Waals surface area (Å²) in [5, 5.41) is 9.11. The monoisotopic (exact) mass is 192 g/mol. The van der Waals surface area contributed by atoms with E-state index in [0.29, 0.717) is 5.13 Å². The van der Waals surface area contributed by atoms with Crippen LogP contribution in [0.5, 0.6) is 0 Å². The summed E-state index contributed by atoms with van der Waals surface area (Å²) >= 11 is 1.41. The number of hydrogen-bond donors (Lipinski definition) is 2. The molecule has 0 spiro atoms. The zero-order valence-electron chi connectivity index (χ0n) is 6.77. The normalized spacial score (nSPS) is 9.92. The molecule has 2 aromatic rings. The molecular formula is C9H8N2OS. The summed E-state index contributed by atoms with van der Waals surface area (Å²) in [6, 6.07) is 9.93. The third kappa shape index (κ3) is 1.68. The number of thiazole rings is 1. The highest BCUT2D eigenvalue weighted by Gasteiger charge is 2.01. The van der Waals surface area contributed by atoms with Gasteiger partial charge in [-0.15, -0.1) is 0 Å². The van der Waals surface area contributed by atoms with Gasteiger partial charge in [-0.1, -0.05) is 41.7 Å². The first-order chi connectivity index (χ1) is 6.40. The molecule has 0 atom stereocenters. The number of rotatable bonds is 2. The Morgan fingerprint density at radius 1 is 1.23 bits per heavy atom. The lowest BCUT2D eigenvalue weighted by atomic mass is 10.2. The lowest BCUT2D eigenvalue weighted by Crippen LogP contribution is -1.84. The van der Waals surface area contributed by atoms with Crippen molar-refractivity contribution in [2.24, 2.45) is 0 Å². The molecule has 13 heavy (non-hydrogen) atoms. The molecule has 0 aliphatic heterocycles. The van der Waals surface area contributed by atoms with Crippen LogP contribution in [0, 0.1) is 0 Å². The summed E-state index contributed by atoms with van der Waals surface area (Å²) in [7, 11) is 0. The van der Waals surface area contributed by atoms with Crippen LogP contribution in [0.15, 0.2) is 36.5 Å². The van der Waals surface area contributed by atoms with Gasteiger partial charge in [0.2, 0.25) is 5.13 Å². The zero-order valence-corrected chi connectivity index (χ0v) is 7.58. The maximum atomic E-state index is 8.60. The second kappa shape index (κ2) is 3.55. The number of nitrogens with zero attached hydrogens (tertiary/aromatic N) is 1. The zero-order chi connectivity index (χ0) is 9.10. The van der Waals surface area contributed by atoms with Gasteiger partial charge in [-0.2, -0.15) is 0 Å². The van der Waals surface area contributed by atoms with Crippen molar-refractivity contribution in [1.29, 1.82) is 0 Å². The molecule has 3 nitrogen and oxygen atoms in total. The fourth-order valence-electron chi connectivity index (χ4n) is 1.06. The second-order valence-electron chi connectivity index (χ2n) is 2.51. The van der Waals surface area contributed by atoms with Gasteiger partial charge in [0.1, 0.15) is 0 Å². The summed E-state index contributed by atoms with van der Waals surface area (Å²) in [4.78, 5) is 5.01.